The number of hydrogen-bond acceptors (Lipinski definition) is 4. The second kappa shape index (κ2) is 7.59. The summed E-state index contributed by atoms with van der Waals surface area (Å²) in [4.78, 5) is 11.5. The van der Waals surface area contributed by atoms with Crippen LogP contribution in [0, 0.1) is 0 Å². The van der Waals surface area contributed by atoms with Crippen molar-refractivity contribution in [1.82, 2.24) is 0 Å². The molecule has 1 atom stereocenters. The number of methoxy groups -OCH3 is 1. The van der Waals surface area contributed by atoms with Crippen LogP contribution in [0.5, 0.6) is 5.75 Å². The highest BCUT2D eigenvalue weighted by molar-refractivity contribution is 8.13. The lowest BCUT2D eigenvalue weighted by Crippen LogP contribution is -2.34. The maximum absolute atomic E-state index is 13.9. The van der Waals surface area contributed by atoms with Gasteiger partial charge < -0.3 is 9.84 Å². The zero-order chi connectivity index (χ0) is 15.2. The number of aliphatic hydroxyl groups is 1. The molecule has 0 saturated carbocycles. The Bertz CT molecular complexity index is 435. The van der Waals surface area contributed by atoms with Gasteiger partial charge >= 0.3 is 5.92 Å². The summed E-state index contributed by atoms with van der Waals surface area (Å²) in [5.74, 6) is -2.97. The van der Waals surface area contributed by atoms with Crippen LogP contribution in [0.25, 0.3) is 0 Å². The summed E-state index contributed by atoms with van der Waals surface area (Å²) < 4.78 is 32.6. The van der Waals surface area contributed by atoms with Crippen molar-refractivity contribution in [2.75, 3.05) is 12.9 Å². The number of halogens is 2. The number of aliphatic hydroxyl groups excluding tert-OH is 1. The average molecular weight is 304 g/mol. The molecule has 0 bridgehead atoms. The fourth-order valence-electron chi connectivity index (χ4n) is 1.51. The van der Waals surface area contributed by atoms with E-state index in [4.69, 9.17) is 4.74 Å². The first-order valence-corrected chi connectivity index (χ1v) is 7.29. The molecule has 1 unspecified atom stereocenters. The molecule has 3 nitrogen and oxygen atoms in total. The fourth-order valence-corrected chi connectivity index (χ4v) is 2.44. The lowest BCUT2D eigenvalue weighted by atomic mass is 10.0. The van der Waals surface area contributed by atoms with Gasteiger partial charge in [-0.1, -0.05) is 37.2 Å². The minimum absolute atomic E-state index is 0.0137. The first-order chi connectivity index (χ1) is 9.43. The predicted molar refractivity (Wildman–Crippen MR) is 75.3 cm³/mol. The summed E-state index contributed by atoms with van der Waals surface area (Å²) in [6.07, 6.45) is -0.632. The van der Waals surface area contributed by atoms with Gasteiger partial charge in [-0.05, 0) is 24.1 Å². The molecule has 0 aliphatic carbocycles. The Labute approximate surface area is 121 Å². The molecule has 112 valence electrons. The predicted octanol–water partition coefficient (Wildman–Crippen LogP) is 3.42. The van der Waals surface area contributed by atoms with E-state index in [1.54, 1.807) is 0 Å². The maximum atomic E-state index is 13.9. The SMILES string of the molecule is CCCCSC(=O)C(F)(F)C(O)c1ccc(OC)cc1. The maximum Gasteiger partial charge on any atom is 0.344 e. The molecule has 0 spiro atoms. The molecule has 1 aromatic carbocycles. The third kappa shape index (κ3) is 4.18. The van der Waals surface area contributed by atoms with Crippen LogP contribution in [0.1, 0.15) is 31.4 Å². The van der Waals surface area contributed by atoms with Gasteiger partial charge in [-0.15, -0.1) is 0 Å². The minimum atomic E-state index is -3.80. The number of benzene rings is 1. The van der Waals surface area contributed by atoms with Gasteiger partial charge in [0.15, 0.2) is 6.10 Å². The third-order valence-corrected chi connectivity index (χ3v) is 3.81. The van der Waals surface area contributed by atoms with Crippen LogP contribution in [-0.2, 0) is 4.79 Å². The summed E-state index contributed by atoms with van der Waals surface area (Å²) in [6.45, 7) is 1.91. The van der Waals surface area contributed by atoms with E-state index < -0.39 is 17.1 Å². The van der Waals surface area contributed by atoms with Crippen LogP contribution in [0.2, 0.25) is 0 Å². The highest BCUT2D eigenvalue weighted by Crippen LogP contribution is 2.36. The Balaban J connectivity index is 2.76. The Morgan fingerprint density at radius 3 is 2.50 bits per heavy atom. The van der Waals surface area contributed by atoms with E-state index in [1.165, 1.54) is 31.4 Å². The van der Waals surface area contributed by atoms with Crippen molar-refractivity contribution >= 4 is 16.9 Å². The first-order valence-electron chi connectivity index (χ1n) is 6.30. The monoisotopic (exact) mass is 304 g/mol. The summed E-state index contributed by atoms with van der Waals surface area (Å²) in [5, 5.41) is 8.42. The van der Waals surface area contributed by atoms with Crippen molar-refractivity contribution in [1.29, 1.82) is 0 Å². The number of unbranched alkanes of at least 4 members (excludes halogenated alkanes) is 1. The molecule has 20 heavy (non-hydrogen) atoms. The minimum Gasteiger partial charge on any atom is -0.497 e. The number of alkyl halides is 2. The first kappa shape index (κ1) is 16.9. The summed E-state index contributed by atoms with van der Waals surface area (Å²) >= 11 is 0.565. The molecular weight excluding hydrogens is 286 g/mol. The molecule has 1 aromatic rings. The number of ether oxygens (including phenoxy) is 1. The van der Waals surface area contributed by atoms with Gasteiger partial charge in [0.1, 0.15) is 5.75 Å². The van der Waals surface area contributed by atoms with Gasteiger partial charge in [-0.3, -0.25) is 4.79 Å². The second-order valence-corrected chi connectivity index (χ2v) is 5.36. The molecule has 0 saturated heterocycles. The zero-order valence-corrected chi connectivity index (χ0v) is 12.3. The average Bonchev–Trinajstić information content (AvgIpc) is 2.46. The molecule has 0 aliphatic rings. The number of thioether (sulfide) groups is 1. The molecule has 0 heterocycles. The highest BCUT2D eigenvalue weighted by Gasteiger charge is 2.47. The van der Waals surface area contributed by atoms with Crippen molar-refractivity contribution in [2.24, 2.45) is 0 Å². The van der Waals surface area contributed by atoms with E-state index in [-0.39, 0.29) is 5.56 Å². The molecule has 0 fully saturated rings. The van der Waals surface area contributed by atoms with E-state index in [9.17, 15) is 18.7 Å². The largest absolute Gasteiger partial charge is 0.497 e. The molecule has 1 rings (SSSR count). The lowest BCUT2D eigenvalue weighted by Gasteiger charge is -2.21. The Hall–Kier alpha value is -1.14. The summed E-state index contributed by atoms with van der Waals surface area (Å²) in [6, 6.07) is 5.56. The van der Waals surface area contributed by atoms with Gasteiger partial charge in [0.25, 0.3) is 5.12 Å². The third-order valence-electron chi connectivity index (χ3n) is 2.78. The fraction of sp³-hybridized carbons (Fsp3) is 0.500. The van der Waals surface area contributed by atoms with E-state index in [1.807, 2.05) is 6.92 Å². The van der Waals surface area contributed by atoms with Crippen molar-refractivity contribution in [3.8, 4) is 5.75 Å². The molecule has 0 aromatic heterocycles. The topological polar surface area (TPSA) is 46.5 Å². The van der Waals surface area contributed by atoms with Crippen LogP contribution in [-0.4, -0.2) is 29.0 Å². The Kier molecular flexibility index (Phi) is 6.42. The van der Waals surface area contributed by atoms with Crippen molar-refractivity contribution in [2.45, 2.75) is 31.8 Å². The summed E-state index contributed by atoms with van der Waals surface area (Å²) in [7, 11) is 1.45. The number of carbonyl (C=O) groups is 1. The van der Waals surface area contributed by atoms with E-state index in [0.29, 0.717) is 29.7 Å². The number of hydrogen-bond donors (Lipinski definition) is 1. The van der Waals surface area contributed by atoms with E-state index in [0.717, 1.165) is 6.42 Å². The standard InChI is InChI=1S/C14H18F2O3S/c1-3-4-9-20-13(18)14(15,16)12(17)10-5-7-11(19-2)8-6-10/h5-8,12,17H,3-4,9H2,1-2H3. The van der Waals surface area contributed by atoms with Crippen LogP contribution < -0.4 is 4.74 Å². The van der Waals surface area contributed by atoms with Crippen LogP contribution in [0.15, 0.2) is 24.3 Å². The zero-order valence-electron chi connectivity index (χ0n) is 11.4. The van der Waals surface area contributed by atoms with Gasteiger partial charge in [0, 0.05) is 5.75 Å². The molecule has 6 heteroatoms. The van der Waals surface area contributed by atoms with Crippen molar-refractivity contribution < 1.29 is 23.4 Å². The number of carbonyl (C=O) groups excluding carboxylic acids is 1. The molecule has 1 N–H and O–H groups in total. The number of rotatable bonds is 7. The Morgan fingerprint density at radius 1 is 1.40 bits per heavy atom. The van der Waals surface area contributed by atoms with E-state index >= 15 is 0 Å². The molecule has 0 aliphatic heterocycles. The van der Waals surface area contributed by atoms with Gasteiger partial charge in [0.05, 0.1) is 7.11 Å². The summed E-state index contributed by atoms with van der Waals surface area (Å²) in [5.41, 5.74) is -0.0137. The van der Waals surface area contributed by atoms with Gasteiger partial charge in [-0.2, -0.15) is 8.78 Å². The van der Waals surface area contributed by atoms with Crippen LogP contribution in [0.4, 0.5) is 8.78 Å². The lowest BCUT2D eigenvalue weighted by molar-refractivity contribution is -0.151. The van der Waals surface area contributed by atoms with Crippen LogP contribution >= 0.6 is 11.8 Å². The smallest absolute Gasteiger partial charge is 0.344 e. The quantitative estimate of drug-likeness (QED) is 0.784. The second-order valence-electron chi connectivity index (χ2n) is 4.29. The molecular formula is C14H18F2O3S. The normalized spacial score (nSPS) is 13.1. The molecule has 0 amide bonds. The van der Waals surface area contributed by atoms with Crippen molar-refractivity contribution in [3.63, 3.8) is 0 Å². The van der Waals surface area contributed by atoms with Gasteiger partial charge in [0.2, 0.25) is 0 Å². The van der Waals surface area contributed by atoms with Crippen molar-refractivity contribution in [3.05, 3.63) is 29.8 Å². The Morgan fingerprint density at radius 2 is 2.00 bits per heavy atom. The molecule has 0 radical (unpaired) electrons. The van der Waals surface area contributed by atoms with Gasteiger partial charge in [-0.25, -0.2) is 0 Å². The van der Waals surface area contributed by atoms with Crippen LogP contribution in [0.3, 0.4) is 0 Å². The highest BCUT2D eigenvalue weighted by atomic mass is 32.2. The van der Waals surface area contributed by atoms with E-state index in [2.05, 4.69) is 0 Å².